The molecule has 0 aliphatic carbocycles. The molecule has 1 fully saturated rings. The Hall–Kier alpha value is -3.34. The molecule has 1 aliphatic rings. The molecule has 0 spiro atoms. The lowest BCUT2D eigenvalue weighted by atomic mass is 9.91. The Balaban J connectivity index is 1.41. The summed E-state index contributed by atoms with van der Waals surface area (Å²) in [7, 11) is 3.32. The van der Waals surface area contributed by atoms with Crippen LogP contribution in [0.1, 0.15) is 35.7 Å². The zero-order valence-electron chi connectivity index (χ0n) is 19.0. The van der Waals surface area contributed by atoms with Crippen LogP contribution in [0.15, 0.2) is 60.7 Å². The Morgan fingerprint density at radius 1 is 0.938 bits per heavy atom. The van der Waals surface area contributed by atoms with Gasteiger partial charge in [0.05, 0.1) is 20.6 Å². The van der Waals surface area contributed by atoms with Crippen LogP contribution in [0.2, 0.25) is 0 Å². The predicted molar refractivity (Wildman–Crippen MR) is 126 cm³/mol. The average Bonchev–Trinajstić information content (AvgIpc) is 2.84. The van der Waals surface area contributed by atoms with Gasteiger partial charge in [0.2, 0.25) is 5.91 Å². The maximum atomic E-state index is 12.8. The summed E-state index contributed by atoms with van der Waals surface area (Å²) in [6, 6.07) is 20.2. The first-order valence-corrected chi connectivity index (χ1v) is 11.1. The fourth-order valence-electron chi connectivity index (χ4n) is 4.35. The molecule has 0 N–H and O–H groups in total. The molecular formula is C27H30N2O3. The van der Waals surface area contributed by atoms with Gasteiger partial charge in [-0.15, -0.1) is 0 Å². The number of aryl methyl sites for hydroxylation is 1. The van der Waals surface area contributed by atoms with E-state index in [4.69, 9.17) is 14.5 Å². The van der Waals surface area contributed by atoms with E-state index < -0.39 is 0 Å². The zero-order valence-corrected chi connectivity index (χ0v) is 19.0. The fourth-order valence-corrected chi connectivity index (χ4v) is 4.35. The average molecular weight is 431 g/mol. The van der Waals surface area contributed by atoms with Gasteiger partial charge in [0.25, 0.3) is 0 Å². The minimum absolute atomic E-state index is 0.174. The number of methoxy groups -OCH3 is 2. The number of rotatable bonds is 6. The van der Waals surface area contributed by atoms with Crippen LogP contribution in [0.5, 0.6) is 11.5 Å². The topological polar surface area (TPSA) is 51.7 Å². The molecule has 32 heavy (non-hydrogen) atoms. The molecule has 2 aromatic carbocycles. The Kier molecular flexibility index (Phi) is 6.74. The zero-order chi connectivity index (χ0) is 22.5. The number of nitrogens with zero attached hydrogens (tertiary/aromatic N) is 2. The van der Waals surface area contributed by atoms with Crippen molar-refractivity contribution < 1.29 is 14.3 Å². The third kappa shape index (κ3) is 5.10. The number of pyridine rings is 1. The molecule has 0 saturated carbocycles. The van der Waals surface area contributed by atoms with Gasteiger partial charge in [-0.05, 0) is 72.9 Å². The summed E-state index contributed by atoms with van der Waals surface area (Å²) in [5.74, 6) is 2.18. The van der Waals surface area contributed by atoms with Crippen molar-refractivity contribution in [2.75, 3.05) is 27.3 Å². The molecule has 3 aromatic rings. The first-order valence-electron chi connectivity index (χ1n) is 11.1. The van der Waals surface area contributed by atoms with E-state index in [0.717, 1.165) is 59.9 Å². The maximum Gasteiger partial charge on any atom is 0.226 e. The van der Waals surface area contributed by atoms with Crippen molar-refractivity contribution in [3.05, 3.63) is 77.6 Å². The van der Waals surface area contributed by atoms with Gasteiger partial charge < -0.3 is 14.4 Å². The Bertz CT molecular complexity index is 1070. The van der Waals surface area contributed by atoms with Crippen LogP contribution in [0.4, 0.5) is 0 Å². The van der Waals surface area contributed by atoms with Crippen LogP contribution >= 0.6 is 0 Å². The molecule has 0 radical (unpaired) electrons. The molecular weight excluding hydrogens is 400 g/mol. The van der Waals surface area contributed by atoms with Gasteiger partial charge in [0, 0.05) is 30.4 Å². The first kappa shape index (κ1) is 21.9. The molecule has 1 aromatic heterocycles. The van der Waals surface area contributed by atoms with Gasteiger partial charge >= 0.3 is 0 Å². The third-order valence-electron chi connectivity index (χ3n) is 6.15. The first-order chi connectivity index (χ1) is 15.6. The van der Waals surface area contributed by atoms with Crippen LogP contribution in [-0.4, -0.2) is 43.1 Å². The number of amides is 1. The molecule has 1 amide bonds. The number of hydrogen-bond donors (Lipinski definition) is 0. The highest BCUT2D eigenvalue weighted by Crippen LogP contribution is 2.31. The van der Waals surface area contributed by atoms with Crippen molar-refractivity contribution >= 4 is 5.91 Å². The highest BCUT2D eigenvalue weighted by Gasteiger charge is 2.25. The lowest BCUT2D eigenvalue weighted by molar-refractivity contribution is -0.131. The monoisotopic (exact) mass is 430 g/mol. The summed E-state index contributed by atoms with van der Waals surface area (Å²) in [6.07, 6.45) is 2.27. The third-order valence-corrected chi connectivity index (χ3v) is 6.15. The van der Waals surface area contributed by atoms with Crippen LogP contribution in [-0.2, 0) is 11.2 Å². The molecule has 5 heteroatoms. The van der Waals surface area contributed by atoms with E-state index in [-0.39, 0.29) is 5.91 Å². The van der Waals surface area contributed by atoms with E-state index in [1.807, 2.05) is 48.2 Å². The number of carbonyl (C=O) groups is 1. The SMILES string of the molecule is COc1ccc(-c2cc(C)nc(C3CCN(C(=O)Cc4cccc(OC)c4)CC3)c2)cc1. The van der Waals surface area contributed by atoms with Gasteiger partial charge in [-0.2, -0.15) is 0 Å². The van der Waals surface area contributed by atoms with Gasteiger partial charge in [-0.3, -0.25) is 9.78 Å². The minimum Gasteiger partial charge on any atom is -0.497 e. The Morgan fingerprint density at radius 3 is 2.34 bits per heavy atom. The summed E-state index contributed by atoms with van der Waals surface area (Å²) in [5, 5.41) is 0. The summed E-state index contributed by atoms with van der Waals surface area (Å²) >= 11 is 0. The summed E-state index contributed by atoms with van der Waals surface area (Å²) in [4.78, 5) is 19.6. The molecule has 2 heterocycles. The number of hydrogen-bond acceptors (Lipinski definition) is 4. The number of carbonyl (C=O) groups excluding carboxylic acids is 1. The summed E-state index contributed by atoms with van der Waals surface area (Å²) in [6.45, 7) is 3.57. The largest absolute Gasteiger partial charge is 0.497 e. The van der Waals surface area contributed by atoms with E-state index in [1.54, 1.807) is 14.2 Å². The van der Waals surface area contributed by atoms with Gasteiger partial charge in [0.15, 0.2) is 0 Å². The smallest absolute Gasteiger partial charge is 0.226 e. The highest BCUT2D eigenvalue weighted by atomic mass is 16.5. The Morgan fingerprint density at radius 2 is 1.66 bits per heavy atom. The quantitative estimate of drug-likeness (QED) is 0.551. The fraction of sp³-hybridized carbons (Fsp3) is 0.333. The van der Waals surface area contributed by atoms with E-state index in [2.05, 4.69) is 24.3 Å². The number of likely N-dealkylation sites (tertiary alicyclic amines) is 1. The van der Waals surface area contributed by atoms with E-state index in [9.17, 15) is 4.79 Å². The number of piperidine rings is 1. The van der Waals surface area contributed by atoms with Gasteiger partial charge in [-0.25, -0.2) is 0 Å². The molecule has 0 bridgehead atoms. The second kappa shape index (κ2) is 9.86. The second-order valence-corrected chi connectivity index (χ2v) is 8.33. The number of benzene rings is 2. The van der Waals surface area contributed by atoms with Crippen molar-refractivity contribution in [2.45, 2.75) is 32.1 Å². The van der Waals surface area contributed by atoms with E-state index in [1.165, 1.54) is 5.56 Å². The lowest BCUT2D eigenvalue weighted by Crippen LogP contribution is -2.39. The molecule has 1 aliphatic heterocycles. The van der Waals surface area contributed by atoms with Crippen molar-refractivity contribution in [2.24, 2.45) is 0 Å². The lowest BCUT2D eigenvalue weighted by Gasteiger charge is -2.32. The second-order valence-electron chi connectivity index (χ2n) is 8.33. The number of aromatic nitrogens is 1. The summed E-state index contributed by atoms with van der Waals surface area (Å²) in [5.41, 5.74) is 5.46. The summed E-state index contributed by atoms with van der Waals surface area (Å²) < 4.78 is 10.5. The molecule has 5 nitrogen and oxygen atoms in total. The van der Waals surface area contributed by atoms with Crippen molar-refractivity contribution in [1.29, 1.82) is 0 Å². The van der Waals surface area contributed by atoms with Crippen molar-refractivity contribution in [3.8, 4) is 22.6 Å². The van der Waals surface area contributed by atoms with Crippen LogP contribution in [0, 0.1) is 6.92 Å². The normalized spacial score (nSPS) is 14.3. The van der Waals surface area contributed by atoms with E-state index in [0.29, 0.717) is 12.3 Å². The molecule has 0 atom stereocenters. The minimum atomic E-state index is 0.174. The van der Waals surface area contributed by atoms with E-state index >= 15 is 0 Å². The van der Waals surface area contributed by atoms with Gasteiger partial charge in [0.1, 0.15) is 11.5 Å². The van der Waals surface area contributed by atoms with Crippen molar-refractivity contribution in [3.63, 3.8) is 0 Å². The molecule has 4 rings (SSSR count). The highest BCUT2D eigenvalue weighted by molar-refractivity contribution is 5.79. The van der Waals surface area contributed by atoms with Crippen molar-refractivity contribution in [1.82, 2.24) is 9.88 Å². The number of ether oxygens (including phenoxy) is 2. The molecule has 1 saturated heterocycles. The van der Waals surface area contributed by atoms with Gasteiger partial charge in [-0.1, -0.05) is 24.3 Å². The van der Waals surface area contributed by atoms with Crippen LogP contribution < -0.4 is 9.47 Å². The predicted octanol–water partition coefficient (Wildman–Crippen LogP) is 5.02. The molecule has 0 unspecified atom stereocenters. The standard InChI is InChI=1S/C27H30N2O3/c1-19-15-23(21-7-9-24(31-2)10-8-21)18-26(28-19)22-11-13-29(14-12-22)27(30)17-20-5-4-6-25(16-20)32-3/h4-10,15-16,18,22H,11-14,17H2,1-3H3. The maximum absolute atomic E-state index is 12.8. The molecule has 166 valence electrons. The van der Waals surface area contributed by atoms with Crippen LogP contribution in [0.3, 0.4) is 0 Å². The Labute approximate surface area is 190 Å². The van der Waals surface area contributed by atoms with Crippen LogP contribution in [0.25, 0.3) is 11.1 Å².